The van der Waals surface area contributed by atoms with E-state index >= 15 is 0 Å². The van der Waals surface area contributed by atoms with E-state index < -0.39 is 36.0 Å². The summed E-state index contributed by atoms with van der Waals surface area (Å²) in [6, 6.07) is 5.03. The van der Waals surface area contributed by atoms with Gasteiger partial charge in [0.2, 0.25) is 0 Å². The molecule has 2 heterocycles. The predicted molar refractivity (Wildman–Crippen MR) is 105 cm³/mol. The lowest BCUT2D eigenvalue weighted by molar-refractivity contribution is -0.0171. The van der Waals surface area contributed by atoms with Crippen molar-refractivity contribution >= 4 is 11.0 Å². The number of pyridine rings is 1. The molecule has 4 atom stereocenters. The van der Waals surface area contributed by atoms with Crippen LogP contribution in [0.15, 0.2) is 36.7 Å². The van der Waals surface area contributed by atoms with Gasteiger partial charge in [0.25, 0.3) is 0 Å². The third-order valence-corrected chi connectivity index (χ3v) is 5.43. The molecule has 9 heteroatoms. The first-order valence-electron chi connectivity index (χ1n) is 9.67. The minimum Gasteiger partial charge on any atom is -0.488 e. The molecule has 30 heavy (non-hydrogen) atoms. The first-order valence-corrected chi connectivity index (χ1v) is 9.67. The number of aliphatic hydroxyl groups excluding tert-OH is 2. The summed E-state index contributed by atoms with van der Waals surface area (Å²) in [5, 5.41) is 22.2. The maximum absolute atomic E-state index is 13.8. The molecule has 0 bridgehead atoms. The van der Waals surface area contributed by atoms with Gasteiger partial charge in [-0.15, -0.1) is 0 Å². The lowest BCUT2D eigenvalue weighted by Crippen LogP contribution is -2.34. The molecule has 1 aromatic carbocycles. The number of aliphatic hydroxyl groups is 2. The summed E-state index contributed by atoms with van der Waals surface area (Å²) >= 11 is 0. The molecule has 4 N–H and O–H groups in total. The van der Waals surface area contributed by atoms with E-state index in [1.807, 2.05) is 19.1 Å². The number of rotatable bonds is 6. The van der Waals surface area contributed by atoms with Crippen molar-refractivity contribution in [3.05, 3.63) is 53.9 Å². The van der Waals surface area contributed by atoms with E-state index in [0.29, 0.717) is 5.65 Å². The smallest absolute Gasteiger partial charge is 0.164 e. The van der Waals surface area contributed by atoms with Crippen LogP contribution in [0.2, 0.25) is 0 Å². The second-order valence-electron chi connectivity index (χ2n) is 7.38. The van der Waals surface area contributed by atoms with Gasteiger partial charge in [0, 0.05) is 42.9 Å². The average Bonchev–Trinajstić information content (AvgIpc) is 3.27. The fourth-order valence-electron chi connectivity index (χ4n) is 3.87. The summed E-state index contributed by atoms with van der Waals surface area (Å²) in [6.45, 7) is 2.23. The maximum atomic E-state index is 13.8. The highest BCUT2D eigenvalue weighted by Crippen LogP contribution is 2.38. The van der Waals surface area contributed by atoms with E-state index in [0.717, 1.165) is 23.1 Å². The highest BCUT2D eigenvalue weighted by Gasteiger charge is 2.44. The lowest BCUT2D eigenvalue weighted by Gasteiger charge is -2.20. The van der Waals surface area contributed by atoms with E-state index in [4.69, 9.17) is 15.2 Å². The van der Waals surface area contributed by atoms with Crippen molar-refractivity contribution in [3.63, 3.8) is 0 Å². The summed E-state index contributed by atoms with van der Waals surface area (Å²) in [5.41, 5.74) is 7.14. The number of aryl methyl sites for hydroxylation is 1. The molecule has 0 aliphatic heterocycles. The van der Waals surface area contributed by atoms with Crippen LogP contribution < -0.4 is 15.2 Å². The molecule has 0 saturated heterocycles. The van der Waals surface area contributed by atoms with E-state index in [1.165, 1.54) is 0 Å². The SMILES string of the molecule is Cc1ccnc2c1ccn2C1CC(Oc2cc(F)c(F)cc2OCCN)[C@@H](O)[C@H]1O. The molecule has 3 aromatic rings. The molecule has 2 unspecified atom stereocenters. The molecule has 0 spiro atoms. The van der Waals surface area contributed by atoms with E-state index in [-0.39, 0.29) is 31.1 Å². The van der Waals surface area contributed by atoms with Crippen molar-refractivity contribution in [2.45, 2.75) is 37.7 Å². The molecular weight excluding hydrogens is 396 g/mol. The summed E-state index contributed by atoms with van der Waals surface area (Å²) in [4.78, 5) is 4.39. The topological polar surface area (TPSA) is 103 Å². The molecule has 1 aliphatic carbocycles. The highest BCUT2D eigenvalue weighted by atomic mass is 19.2. The number of halogens is 2. The van der Waals surface area contributed by atoms with Gasteiger partial charge < -0.3 is 30.0 Å². The van der Waals surface area contributed by atoms with E-state index in [2.05, 4.69) is 4.98 Å². The van der Waals surface area contributed by atoms with Crippen molar-refractivity contribution in [3.8, 4) is 11.5 Å². The van der Waals surface area contributed by atoms with Crippen LogP contribution in [-0.4, -0.2) is 51.2 Å². The number of hydrogen-bond donors (Lipinski definition) is 3. The standard InChI is InChI=1S/C21H23F2N3O4/c1-11-2-5-25-21-12(11)3-6-26(21)15-10-18(20(28)19(15)27)30-17-9-14(23)13(22)8-16(17)29-7-4-24/h2-3,5-6,8-9,15,18-20,27-28H,4,7,10,24H2,1H3/t15?,18?,19-,20+/m0/s1. The highest BCUT2D eigenvalue weighted by molar-refractivity contribution is 5.79. The Morgan fingerprint density at radius 3 is 2.63 bits per heavy atom. The molecule has 0 radical (unpaired) electrons. The van der Waals surface area contributed by atoms with Crippen LogP contribution in [0.4, 0.5) is 8.78 Å². The van der Waals surface area contributed by atoms with Gasteiger partial charge in [0.1, 0.15) is 30.6 Å². The van der Waals surface area contributed by atoms with Gasteiger partial charge in [-0.25, -0.2) is 13.8 Å². The van der Waals surface area contributed by atoms with Crippen LogP contribution in [-0.2, 0) is 0 Å². The monoisotopic (exact) mass is 419 g/mol. The zero-order valence-electron chi connectivity index (χ0n) is 16.3. The molecule has 2 aromatic heterocycles. The summed E-state index contributed by atoms with van der Waals surface area (Å²) in [7, 11) is 0. The Bertz CT molecular complexity index is 1060. The molecule has 7 nitrogen and oxygen atoms in total. The second-order valence-corrected chi connectivity index (χ2v) is 7.38. The lowest BCUT2D eigenvalue weighted by atomic mass is 10.2. The molecule has 4 rings (SSSR count). The quantitative estimate of drug-likeness (QED) is 0.565. The minimum absolute atomic E-state index is 0.0202. The van der Waals surface area contributed by atoms with Crippen LogP contribution in [0.5, 0.6) is 11.5 Å². The number of hydrogen-bond acceptors (Lipinski definition) is 6. The number of nitrogens with two attached hydrogens (primary N) is 1. The largest absolute Gasteiger partial charge is 0.488 e. The minimum atomic E-state index is -1.24. The van der Waals surface area contributed by atoms with Crippen LogP contribution in [0.1, 0.15) is 18.0 Å². The first kappa shape index (κ1) is 20.5. The zero-order valence-corrected chi connectivity index (χ0v) is 16.3. The third kappa shape index (κ3) is 3.60. The Labute approximate surface area is 171 Å². The third-order valence-electron chi connectivity index (χ3n) is 5.43. The maximum Gasteiger partial charge on any atom is 0.164 e. The molecule has 1 fully saturated rings. The predicted octanol–water partition coefficient (Wildman–Crippen LogP) is 2.07. The molecular formula is C21H23F2N3O4. The van der Waals surface area contributed by atoms with Crippen molar-refractivity contribution in [2.24, 2.45) is 5.73 Å². The van der Waals surface area contributed by atoms with Gasteiger partial charge in [-0.2, -0.15) is 0 Å². The van der Waals surface area contributed by atoms with Gasteiger partial charge in [0.15, 0.2) is 23.1 Å². The van der Waals surface area contributed by atoms with Crippen molar-refractivity contribution in [2.75, 3.05) is 13.2 Å². The molecule has 1 aliphatic rings. The van der Waals surface area contributed by atoms with Crippen LogP contribution in [0.25, 0.3) is 11.0 Å². The number of nitrogens with zero attached hydrogens (tertiary/aromatic N) is 2. The van der Waals surface area contributed by atoms with Gasteiger partial charge >= 0.3 is 0 Å². The Morgan fingerprint density at radius 1 is 1.17 bits per heavy atom. The Kier molecular flexibility index (Phi) is 5.59. The average molecular weight is 419 g/mol. The number of aromatic nitrogens is 2. The Hall–Kier alpha value is -2.75. The van der Waals surface area contributed by atoms with Crippen LogP contribution in [0, 0.1) is 18.6 Å². The second kappa shape index (κ2) is 8.17. The summed E-state index contributed by atoms with van der Waals surface area (Å²) in [6.07, 6.45) is 0.483. The Balaban J connectivity index is 1.61. The van der Waals surface area contributed by atoms with Crippen molar-refractivity contribution < 1.29 is 28.5 Å². The van der Waals surface area contributed by atoms with Gasteiger partial charge in [0.05, 0.1) is 6.04 Å². The number of benzene rings is 1. The Morgan fingerprint density at radius 2 is 1.90 bits per heavy atom. The van der Waals surface area contributed by atoms with Crippen LogP contribution >= 0.6 is 0 Å². The molecule has 160 valence electrons. The molecule has 1 saturated carbocycles. The number of ether oxygens (including phenoxy) is 2. The number of fused-ring (bicyclic) bond motifs is 1. The van der Waals surface area contributed by atoms with Crippen LogP contribution in [0.3, 0.4) is 0 Å². The van der Waals surface area contributed by atoms with E-state index in [9.17, 15) is 19.0 Å². The fraction of sp³-hybridized carbons (Fsp3) is 0.381. The first-order chi connectivity index (χ1) is 14.4. The summed E-state index contributed by atoms with van der Waals surface area (Å²) in [5.74, 6) is -2.27. The van der Waals surface area contributed by atoms with Crippen molar-refractivity contribution in [1.82, 2.24) is 9.55 Å². The molecule has 0 amide bonds. The normalized spacial score (nSPS) is 23.8. The van der Waals surface area contributed by atoms with Crippen molar-refractivity contribution in [1.29, 1.82) is 0 Å². The summed E-state index contributed by atoms with van der Waals surface area (Å²) < 4.78 is 40.3. The van der Waals surface area contributed by atoms with E-state index in [1.54, 1.807) is 17.0 Å². The fourth-order valence-corrected chi connectivity index (χ4v) is 3.87. The van der Waals surface area contributed by atoms with Gasteiger partial charge in [-0.05, 0) is 24.6 Å². The van der Waals surface area contributed by atoms with Gasteiger partial charge in [-0.3, -0.25) is 0 Å². The zero-order chi connectivity index (χ0) is 21.4. The van der Waals surface area contributed by atoms with Gasteiger partial charge in [-0.1, -0.05) is 0 Å².